The number of halogens is 2. The quantitative estimate of drug-likeness (QED) is 0.318. The Balaban J connectivity index is 3.25. The second-order valence-electron chi connectivity index (χ2n) is 5.68. The van der Waals surface area contributed by atoms with Crippen LogP contribution in [-0.2, 0) is 0 Å². The van der Waals surface area contributed by atoms with Crippen molar-refractivity contribution in [3.8, 4) is 0 Å². The summed E-state index contributed by atoms with van der Waals surface area (Å²) in [5.74, 6) is 0.599. The topological polar surface area (TPSA) is 0 Å². The largest absolute Gasteiger partial charge is 0.0930 e. The molecule has 0 aliphatic carbocycles. The average Bonchev–Trinajstić information content (AvgIpc) is 2.35. The van der Waals surface area contributed by atoms with Gasteiger partial charge in [-0.15, -0.1) is 0 Å². The molecule has 0 spiro atoms. The van der Waals surface area contributed by atoms with Crippen LogP contribution in [0.25, 0.3) is 0 Å². The second-order valence-corrected chi connectivity index (χ2v) is 7.02. The Morgan fingerprint density at radius 3 is 1.74 bits per heavy atom. The molecule has 0 aromatic carbocycles. The number of rotatable bonds is 12. The molecule has 0 aromatic rings. The maximum absolute atomic E-state index is 5.82. The average molecular weight is 350 g/mol. The monoisotopic (exact) mass is 348 g/mol. The van der Waals surface area contributed by atoms with Crippen molar-refractivity contribution >= 4 is 27.5 Å². The van der Waals surface area contributed by atoms with E-state index in [1.807, 2.05) is 0 Å². The van der Waals surface area contributed by atoms with Crippen molar-refractivity contribution in [2.45, 2.75) is 78.1 Å². The third kappa shape index (κ3) is 13.0. The highest BCUT2D eigenvalue weighted by atomic mass is 79.9. The molecule has 0 saturated heterocycles. The number of allylic oxidation sites excluding steroid dienone is 2. The van der Waals surface area contributed by atoms with Gasteiger partial charge in [0, 0.05) is 5.54 Å². The van der Waals surface area contributed by atoms with Crippen molar-refractivity contribution in [1.82, 2.24) is 0 Å². The van der Waals surface area contributed by atoms with Crippen molar-refractivity contribution in [3.05, 3.63) is 22.2 Å². The van der Waals surface area contributed by atoms with Gasteiger partial charge in [-0.05, 0) is 36.1 Å². The summed E-state index contributed by atoms with van der Waals surface area (Å²) in [5.41, 5.74) is 3.18. The summed E-state index contributed by atoms with van der Waals surface area (Å²) in [6.45, 7) is 8.30. The zero-order chi connectivity index (χ0) is 14.5. The maximum Gasteiger partial charge on any atom is 0.00370 e. The first-order chi connectivity index (χ1) is 9.07. The fourth-order valence-corrected chi connectivity index (χ4v) is 2.82. The van der Waals surface area contributed by atoms with E-state index in [4.69, 9.17) is 11.6 Å². The summed E-state index contributed by atoms with van der Waals surface area (Å²) in [6.07, 6.45) is 13.1. The highest BCUT2D eigenvalue weighted by Crippen LogP contribution is 2.19. The van der Waals surface area contributed by atoms with Crippen molar-refractivity contribution in [2.24, 2.45) is 5.92 Å². The molecule has 0 amide bonds. The molecule has 0 aliphatic heterocycles. The predicted molar refractivity (Wildman–Crippen MR) is 93.0 cm³/mol. The van der Waals surface area contributed by atoms with Crippen molar-refractivity contribution in [1.29, 1.82) is 0 Å². The van der Waals surface area contributed by atoms with Crippen molar-refractivity contribution in [3.63, 3.8) is 0 Å². The van der Waals surface area contributed by atoms with Gasteiger partial charge in [0.05, 0.1) is 0 Å². The van der Waals surface area contributed by atoms with Crippen LogP contribution in [0.3, 0.4) is 0 Å². The molecule has 0 rings (SSSR count). The molecular weight excluding hydrogens is 320 g/mol. The Morgan fingerprint density at radius 1 is 0.947 bits per heavy atom. The minimum absolute atomic E-state index is 0.599. The highest BCUT2D eigenvalue weighted by Gasteiger charge is 2.02. The molecule has 0 radical (unpaired) electrons. The molecule has 0 heterocycles. The van der Waals surface area contributed by atoms with Gasteiger partial charge in [-0.1, -0.05) is 92.1 Å². The van der Waals surface area contributed by atoms with Gasteiger partial charge in [0.15, 0.2) is 0 Å². The normalized spacial score (nSPS) is 12.2. The first-order valence-electron chi connectivity index (χ1n) is 7.70. The third-order valence-electron chi connectivity index (χ3n) is 3.55. The lowest BCUT2D eigenvalue weighted by atomic mass is 9.98. The Hall–Kier alpha value is 0.250. The zero-order valence-corrected chi connectivity index (χ0v) is 15.0. The van der Waals surface area contributed by atoms with Crippen LogP contribution in [0.4, 0.5) is 0 Å². The van der Waals surface area contributed by atoms with Crippen LogP contribution in [0.2, 0.25) is 0 Å². The first-order valence-corrected chi connectivity index (χ1v) is 8.93. The van der Waals surface area contributed by atoms with Gasteiger partial charge in [-0.25, -0.2) is 0 Å². The summed E-state index contributed by atoms with van der Waals surface area (Å²) < 4.78 is 1.14. The molecule has 0 aromatic heterocycles. The van der Waals surface area contributed by atoms with Crippen LogP contribution >= 0.6 is 27.5 Å². The lowest BCUT2D eigenvalue weighted by Crippen LogP contribution is -1.93. The van der Waals surface area contributed by atoms with E-state index in [-0.39, 0.29) is 0 Å². The van der Waals surface area contributed by atoms with E-state index < -0.39 is 0 Å². The Kier molecular flexibility index (Phi) is 13.4. The Morgan fingerprint density at radius 2 is 1.37 bits per heavy atom. The van der Waals surface area contributed by atoms with Crippen LogP contribution in [0.1, 0.15) is 78.1 Å². The van der Waals surface area contributed by atoms with E-state index in [2.05, 4.69) is 36.4 Å². The molecule has 2 heteroatoms. The van der Waals surface area contributed by atoms with Gasteiger partial charge in [-0.2, -0.15) is 0 Å². The molecule has 19 heavy (non-hydrogen) atoms. The summed E-state index contributed by atoms with van der Waals surface area (Å²) in [5, 5.41) is 0. The molecular formula is C17H30BrCl. The smallest absolute Gasteiger partial charge is 0.00370 e. The molecule has 0 saturated carbocycles. The molecule has 0 bridgehead atoms. The van der Waals surface area contributed by atoms with Gasteiger partial charge in [0.1, 0.15) is 0 Å². The number of hydrogen-bond acceptors (Lipinski definition) is 0. The van der Waals surface area contributed by atoms with Crippen molar-refractivity contribution in [2.75, 3.05) is 0 Å². The Labute approximate surface area is 133 Å². The summed E-state index contributed by atoms with van der Waals surface area (Å²) in [6, 6.07) is 0. The minimum Gasteiger partial charge on any atom is -0.0930 e. The first kappa shape index (κ1) is 19.2. The molecule has 0 atom stereocenters. The van der Waals surface area contributed by atoms with E-state index in [1.54, 1.807) is 5.54 Å². The summed E-state index contributed by atoms with van der Waals surface area (Å²) >= 11 is 9.23. The van der Waals surface area contributed by atoms with Crippen molar-refractivity contribution < 1.29 is 0 Å². The molecule has 0 N–H and O–H groups in total. The molecule has 0 aliphatic rings. The zero-order valence-electron chi connectivity index (χ0n) is 12.7. The standard InChI is InChI=1S/C17H30BrCl/c1-15(2)17(14-19)13-11-9-7-5-4-6-8-10-12-16(3)18/h14-15H,3-13H2,1-2H3. The van der Waals surface area contributed by atoms with E-state index in [1.165, 1.54) is 63.4 Å². The third-order valence-corrected chi connectivity index (χ3v) is 4.22. The predicted octanol–water partition coefficient (Wildman–Crippen LogP) is 7.57. The number of hydrogen-bond donors (Lipinski definition) is 0. The van der Waals surface area contributed by atoms with Gasteiger partial charge in [-0.3, -0.25) is 0 Å². The van der Waals surface area contributed by atoms with Crippen LogP contribution in [0, 0.1) is 5.92 Å². The summed E-state index contributed by atoms with van der Waals surface area (Å²) in [7, 11) is 0. The second kappa shape index (κ2) is 13.2. The minimum atomic E-state index is 0.599. The molecule has 0 nitrogen and oxygen atoms in total. The van der Waals surface area contributed by atoms with Crippen LogP contribution in [0.5, 0.6) is 0 Å². The van der Waals surface area contributed by atoms with Gasteiger partial charge < -0.3 is 0 Å². The van der Waals surface area contributed by atoms with Crippen LogP contribution < -0.4 is 0 Å². The summed E-state index contributed by atoms with van der Waals surface area (Å²) in [4.78, 5) is 0. The molecule has 0 unspecified atom stereocenters. The van der Waals surface area contributed by atoms with E-state index in [0.29, 0.717) is 5.92 Å². The SMILES string of the molecule is C=C(Br)CCCCCCCCCCC(=CCl)C(C)C. The lowest BCUT2D eigenvalue weighted by molar-refractivity contribution is 0.561. The van der Waals surface area contributed by atoms with Gasteiger partial charge >= 0.3 is 0 Å². The van der Waals surface area contributed by atoms with Crippen LogP contribution in [-0.4, -0.2) is 0 Å². The molecule has 0 fully saturated rings. The fourth-order valence-electron chi connectivity index (χ4n) is 2.18. The van der Waals surface area contributed by atoms with Gasteiger partial charge in [0.2, 0.25) is 0 Å². The highest BCUT2D eigenvalue weighted by molar-refractivity contribution is 9.11. The van der Waals surface area contributed by atoms with E-state index in [9.17, 15) is 0 Å². The number of unbranched alkanes of at least 4 members (excludes halogenated alkanes) is 7. The van der Waals surface area contributed by atoms with Gasteiger partial charge in [0.25, 0.3) is 0 Å². The van der Waals surface area contributed by atoms with Crippen LogP contribution in [0.15, 0.2) is 22.2 Å². The maximum atomic E-state index is 5.82. The van der Waals surface area contributed by atoms with E-state index in [0.717, 1.165) is 10.9 Å². The lowest BCUT2D eigenvalue weighted by Gasteiger charge is -2.09. The van der Waals surface area contributed by atoms with E-state index >= 15 is 0 Å². The molecule has 112 valence electrons. The Bertz CT molecular complexity index is 256. The fraction of sp³-hybridized carbons (Fsp3) is 0.765.